The zero-order valence-corrected chi connectivity index (χ0v) is 13.8. The predicted octanol–water partition coefficient (Wildman–Crippen LogP) is 1.76. The highest BCUT2D eigenvalue weighted by molar-refractivity contribution is 5.85. The molecule has 0 spiro atoms. The molecule has 1 fully saturated rings. The minimum Gasteiger partial charge on any atom is -0.356 e. The Bertz CT molecular complexity index is 466. The molecule has 1 aromatic rings. The zero-order chi connectivity index (χ0) is 15.1. The summed E-state index contributed by atoms with van der Waals surface area (Å²) in [6, 6.07) is 6.24. The van der Waals surface area contributed by atoms with Crippen molar-refractivity contribution in [2.45, 2.75) is 19.3 Å². The highest BCUT2D eigenvalue weighted by atomic mass is 35.5. The van der Waals surface area contributed by atoms with Crippen LogP contribution in [0, 0.1) is 5.82 Å². The van der Waals surface area contributed by atoms with Crippen LogP contribution in [0.5, 0.6) is 0 Å². The van der Waals surface area contributed by atoms with Gasteiger partial charge in [-0.3, -0.25) is 4.79 Å². The number of carbonyl (C=O) groups excluding carboxylic acids is 1. The molecule has 0 radical (unpaired) electrons. The fraction of sp³-hybridized carbons (Fsp3) is 0.562. The fourth-order valence-corrected chi connectivity index (χ4v) is 2.53. The third kappa shape index (κ3) is 5.91. The summed E-state index contributed by atoms with van der Waals surface area (Å²) >= 11 is 0. The molecule has 0 saturated carbocycles. The molecule has 6 heteroatoms. The lowest BCUT2D eigenvalue weighted by Gasteiger charge is -2.27. The summed E-state index contributed by atoms with van der Waals surface area (Å²) in [6.45, 7) is 7.73. The zero-order valence-electron chi connectivity index (χ0n) is 13.0. The molecule has 1 aliphatic rings. The quantitative estimate of drug-likeness (QED) is 0.782. The molecule has 22 heavy (non-hydrogen) atoms. The van der Waals surface area contributed by atoms with Crippen molar-refractivity contribution in [3.63, 3.8) is 0 Å². The second-order valence-electron chi connectivity index (χ2n) is 5.51. The van der Waals surface area contributed by atoms with Crippen LogP contribution in [0.25, 0.3) is 0 Å². The molecule has 0 aliphatic carbocycles. The highest BCUT2D eigenvalue weighted by Gasteiger charge is 2.15. The predicted molar refractivity (Wildman–Crippen MR) is 89.0 cm³/mol. The summed E-state index contributed by atoms with van der Waals surface area (Å²) in [7, 11) is 0. The van der Waals surface area contributed by atoms with Gasteiger partial charge in [0.2, 0.25) is 5.91 Å². The average Bonchev–Trinajstić information content (AvgIpc) is 2.51. The van der Waals surface area contributed by atoms with Crippen LogP contribution in [0.1, 0.15) is 24.8 Å². The van der Waals surface area contributed by atoms with Gasteiger partial charge in [0.1, 0.15) is 5.82 Å². The van der Waals surface area contributed by atoms with Crippen molar-refractivity contribution < 1.29 is 9.18 Å². The molecule has 2 rings (SSSR count). The lowest BCUT2D eigenvalue weighted by atomic mass is 10.0. The van der Waals surface area contributed by atoms with Crippen LogP contribution >= 0.6 is 12.4 Å². The lowest BCUT2D eigenvalue weighted by Crippen LogP contribution is -2.44. The van der Waals surface area contributed by atoms with Crippen molar-refractivity contribution in [2.75, 3.05) is 39.3 Å². The maximum atomic E-state index is 13.2. The van der Waals surface area contributed by atoms with Gasteiger partial charge in [0.15, 0.2) is 0 Å². The monoisotopic (exact) mass is 329 g/mol. The van der Waals surface area contributed by atoms with Crippen molar-refractivity contribution in [1.29, 1.82) is 0 Å². The van der Waals surface area contributed by atoms with E-state index in [2.05, 4.69) is 15.5 Å². The molecule has 0 aromatic heterocycles. The summed E-state index contributed by atoms with van der Waals surface area (Å²) in [6.07, 6.45) is 0.946. The number of amides is 1. The van der Waals surface area contributed by atoms with Crippen LogP contribution in [-0.2, 0) is 4.79 Å². The molecule has 0 bridgehead atoms. The highest BCUT2D eigenvalue weighted by Crippen LogP contribution is 2.16. The molecule has 1 saturated heterocycles. The number of hydrogen-bond donors (Lipinski definition) is 2. The van der Waals surface area contributed by atoms with Gasteiger partial charge in [0, 0.05) is 32.7 Å². The first-order valence-electron chi connectivity index (χ1n) is 7.63. The summed E-state index contributed by atoms with van der Waals surface area (Å²) < 4.78 is 13.2. The number of hydrogen-bond acceptors (Lipinski definition) is 3. The minimum absolute atomic E-state index is 0. The third-order valence-electron chi connectivity index (χ3n) is 3.90. The Hall–Kier alpha value is -1.17. The molecule has 1 heterocycles. The Morgan fingerprint density at radius 1 is 1.41 bits per heavy atom. The molecule has 1 aromatic carbocycles. The summed E-state index contributed by atoms with van der Waals surface area (Å²) in [5.74, 6) is -0.661. The molecule has 1 atom stereocenters. The Morgan fingerprint density at radius 3 is 2.82 bits per heavy atom. The summed E-state index contributed by atoms with van der Waals surface area (Å²) in [4.78, 5) is 14.5. The van der Waals surface area contributed by atoms with Crippen LogP contribution in [0.15, 0.2) is 24.3 Å². The smallest absolute Gasteiger partial charge is 0.227 e. The second-order valence-corrected chi connectivity index (χ2v) is 5.51. The minimum atomic E-state index is -0.320. The van der Waals surface area contributed by atoms with Crippen molar-refractivity contribution in [1.82, 2.24) is 15.5 Å². The summed E-state index contributed by atoms with van der Waals surface area (Å²) in [5.41, 5.74) is 0.717. The van der Waals surface area contributed by atoms with E-state index in [-0.39, 0.29) is 30.0 Å². The van der Waals surface area contributed by atoms with Gasteiger partial charge in [-0.05, 0) is 37.6 Å². The van der Waals surface area contributed by atoms with E-state index in [0.717, 1.165) is 44.7 Å². The number of nitrogens with zero attached hydrogens (tertiary/aromatic N) is 1. The van der Waals surface area contributed by atoms with Crippen molar-refractivity contribution >= 4 is 18.3 Å². The van der Waals surface area contributed by atoms with Gasteiger partial charge < -0.3 is 15.5 Å². The Labute approximate surface area is 137 Å². The van der Waals surface area contributed by atoms with Gasteiger partial charge in [0.25, 0.3) is 0 Å². The molecule has 2 N–H and O–H groups in total. The molecule has 1 unspecified atom stereocenters. The first-order chi connectivity index (χ1) is 10.2. The van der Waals surface area contributed by atoms with Crippen LogP contribution < -0.4 is 10.6 Å². The number of rotatable bonds is 6. The maximum Gasteiger partial charge on any atom is 0.227 e. The number of halogens is 2. The Kier molecular flexibility index (Phi) is 8.38. The van der Waals surface area contributed by atoms with Gasteiger partial charge in [0.05, 0.1) is 5.92 Å². The van der Waals surface area contributed by atoms with Crippen LogP contribution in [-0.4, -0.2) is 50.1 Å². The van der Waals surface area contributed by atoms with Crippen LogP contribution in [0.4, 0.5) is 4.39 Å². The third-order valence-corrected chi connectivity index (χ3v) is 3.90. The maximum absolute atomic E-state index is 13.2. The topological polar surface area (TPSA) is 44.4 Å². The summed E-state index contributed by atoms with van der Waals surface area (Å²) in [5, 5.41) is 6.26. The van der Waals surface area contributed by atoms with Gasteiger partial charge in [-0.1, -0.05) is 12.1 Å². The number of benzene rings is 1. The standard InChI is InChI=1S/C16H24FN3O.ClH/c1-13(14-4-2-5-15(17)12-14)16(21)19-6-3-9-20-10-7-18-8-11-20;/h2,4-5,12-13,18H,3,6-11H2,1H3,(H,19,21);1H. The molecule has 1 amide bonds. The molecule has 4 nitrogen and oxygen atoms in total. The van der Waals surface area contributed by atoms with Crippen LogP contribution in [0.3, 0.4) is 0 Å². The molecule has 124 valence electrons. The molecular formula is C16H25ClFN3O. The van der Waals surface area contributed by atoms with Crippen LogP contribution in [0.2, 0.25) is 0 Å². The van der Waals surface area contributed by atoms with Gasteiger partial charge in [-0.15, -0.1) is 12.4 Å². The van der Waals surface area contributed by atoms with E-state index in [9.17, 15) is 9.18 Å². The SMILES string of the molecule is CC(C(=O)NCCCN1CCNCC1)c1cccc(F)c1.Cl. The normalized spacial score (nSPS) is 16.6. The Morgan fingerprint density at radius 2 is 2.14 bits per heavy atom. The number of carbonyl (C=O) groups is 1. The van der Waals surface area contributed by atoms with Gasteiger partial charge in [-0.2, -0.15) is 0 Å². The average molecular weight is 330 g/mol. The van der Waals surface area contributed by atoms with Crippen molar-refractivity contribution in [3.05, 3.63) is 35.6 Å². The van der Waals surface area contributed by atoms with E-state index < -0.39 is 0 Å². The van der Waals surface area contributed by atoms with Gasteiger partial charge >= 0.3 is 0 Å². The number of piperazine rings is 1. The van der Waals surface area contributed by atoms with Crippen molar-refractivity contribution in [3.8, 4) is 0 Å². The van der Waals surface area contributed by atoms with E-state index in [0.29, 0.717) is 6.54 Å². The lowest BCUT2D eigenvalue weighted by molar-refractivity contribution is -0.122. The van der Waals surface area contributed by atoms with E-state index in [1.807, 2.05) is 0 Å². The van der Waals surface area contributed by atoms with Gasteiger partial charge in [-0.25, -0.2) is 4.39 Å². The molecular weight excluding hydrogens is 305 g/mol. The number of nitrogens with one attached hydrogen (secondary N) is 2. The van der Waals surface area contributed by atoms with E-state index in [1.54, 1.807) is 19.1 Å². The first kappa shape index (κ1) is 18.9. The Balaban J connectivity index is 0.00000242. The van der Waals surface area contributed by atoms with Crippen molar-refractivity contribution in [2.24, 2.45) is 0 Å². The first-order valence-corrected chi connectivity index (χ1v) is 7.63. The molecule has 1 aliphatic heterocycles. The van der Waals surface area contributed by atoms with E-state index >= 15 is 0 Å². The fourth-order valence-electron chi connectivity index (χ4n) is 2.53. The van der Waals surface area contributed by atoms with E-state index in [1.165, 1.54) is 12.1 Å². The second kappa shape index (κ2) is 9.77. The largest absolute Gasteiger partial charge is 0.356 e. The van der Waals surface area contributed by atoms with E-state index in [4.69, 9.17) is 0 Å².